The van der Waals surface area contributed by atoms with Crippen LogP contribution in [0.2, 0.25) is 0 Å². The Kier molecular flexibility index (Phi) is 4.77. The van der Waals surface area contributed by atoms with Gasteiger partial charge in [0.15, 0.2) is 0 Å². The molecule has 3 atom stereocenters. The molecule has 4 nitrogen and oxygen atoms in total. The van der Waals surface area contributed by atoms with Gasteiger partial charge < -0.3 is 14.8 Å². The first-order chi connectivity index (χ1) is 9.11. The number of nitrogens with zero attached hydrogens (tertiary/aromatic N) is 1. The van der Waals surface area contributed by atoms with Crippen molar-refractivity contribution in [2.24, 2.45) is 5.92 Å². The Hall–Kier alpha value is -1.13. The molecule has 0 aliphatic carbocycles. The lowest BCUT2D eigenvalue weighted by Gasteiger charge is -2.26. The summed E-state index contributed by atoms with van der Waals surface area (Å²) in [5.41, 5.74) is 1.17. The molecule has 3 unspecified atom stereocenters. The average molecular weight is 264 g/mol. The van der Waals surface area contributed by atoms with E-state index in [-0.39, 0.29) is 18.2 Å². The van der Waals surface area contributed by atoms with Gasteiger partial charge in [-0.1, -0.05) is 0 Å². The summed E-state index contributed by atoms with van der Waals surface area (Å²) in [4.78, 5) is 4.30. The minimum absolute atomic E-state index is 0.166. The zero-order chi connectivity index (χ0) is 13.8. The van der Waals surface area contributed by atoms with Crippen molar-refractivity contribution in [3.8, 4) is 5.75 Å². The highest BCUT2D eigenvalue weighted by Crippen LogP contribution is 2.33. The van der Waals surface area contributed by atoms with Gasteiger partial charge in [0.25, 0.3) is 0 Å². The Labute approximate surface area is 115 Å². The highest BCUT2D eigenvalue weighted by atomic mass is 16.5. The van der Waals surface area contributed by atoms with E-state index in [9.17, 15) is 0 Å². The highest BCUT2D eigenvalue weighted by molar-refractivity contribution is 5.27. The van der Waals surface area contributed by atoms with Crippen molar-refractivity contribution in [2.75, 3.05) is 13.7 Å². The molecule has 1 N–H and O–H groups in total. The van der Waals surface area contributed by atoms with E-state index in [4.69, 9.17) is 9.47 Å². The van der Waals surface area contributed by atoms with E-state index in [1.807, 2.05) is 27.1 Å². The number of rotatable bonds is 5. The molecule has 4 heteroatoms. The van der Waals surface area contributed by atoms with Crippen molar-refractivity contribution in [1.82, 2.24) is 10.3 Å². The maximum atomic E-state index is 5.72. The largest absolute Gasteiger partial charge is 0.489 e. The smallest absolute Gasteiger partial charge is 0.138 e. The van der Waals surface area contributed by atoms with Crippen molar-refractivity contribution < 1.29 is 9.47 Å². The molecule has 19 heavy (non-hydrogen) atoms. The first-order valence-corrected chi connectivity index (χ1v) is 7.02. The molecule has 0 amide bonds. The van der Waals surface area contributed by atoms with E-state index in [0.717, 1.165) is 18.8 Å². The number of pyridine rings is 1. The van der Waals surface area contributed by atoms with E-state index < -0.39 is 0 Å². The van der Waals surface area contributed by atoms with Crippen LogP contribution >= 0.6 is 0 Å². The van der Waals surface area contributed by atoms with Crippen LogP contribution in [0.3, 0.4) is 0 Å². The maximum absolute atomic E-state index is 5.72. The van der Waals surface area contributed by atoms with Crippen LogP contribution in [0.15, 0.2) is 18.5 Å². The second-order valence-electron chi connectivity index (χ2n) is 5.42. The molecule has 1 aliphatic heterocycles. The molecule has 0 radical (unpaired) electrons. The van der Waals surface area contributed by atoms with Crippen LogP contribution < -0.4 is 10.1 Å². The van der Waals surface area contributed by atoms with E-state index in [1.165, 1.54) is 5.56 Å². The van der Waals surface area contributed by atoms with Gasteiger partial charge in [0.05, 0.1) is 18.4 Å². The fourth-order valence-electron chi connectivity index (χ4n) is 2.76. The SMILES string of the molecule is CNC(c1cncc(OC(C)C)c1)C1CCOC1C. The molecule has 2 heterocycles. The highest BCUT2D eigenvalue weighted by Gasteiger charge is 2.32. The van der Waals surface area contributed by atoms with Crippen molar-refractivity contribution in [1.29, 1.82) is 0 Å². The van der Waals surface area contributed by atoms with Crippen molar-refractivity contribution in [3.63, 3.8) is 0 Å². The number of ether oxygens (including phenoxy) is 2. The van der Waals surface area contributed by atoms with E-state index in [0.29, 0.717) is 5.92 Å². The summed E-state index contributed by atoms with van der Waals surface area (Å²) in [6.07, 6.45) is 5.22. The van der Waals surface area contributed by atoms with Gasteiger partial charge in [-0.3, -0.25) is 4.98 Å². The number of aromatic nitrogens is 1. The van der Waals surface area contributed by atoms with Gasteiger partial charge in [0.1, 0.15) is 5.75 Å². The minimum Gasteiger partial charge on any atom is -0.489 e. The lowest BCUT2D eigenvalue weighted by Crippen LogP contribution is -2.29. The van der Waals surface area contributed by atoms with Crippen LogP contribution in [0.25, 0.3) is 0 Å². The van der Waals surface area contributed by atoms with Gasteiger partial charge in [-0.25, -0.2) is 0 Å². The molecule has 0 saturated carbocycles. The predicted octanol–water partition coefficient (Wildman–Crippen LogP) is 2.55. The van der Waals surface area contributed by atoms with Gasteiger partial charge in [0, 0.05) is 24.8 Å². The number of hydrogen-bond acceptors (Lipinski definition) is 4. The normalized spacial score (nSPS) is 24.7. The van der Waals surface area contributed by atoms with Crippen molar-refractivity contribution in [2.45, 2.75) is 45.4 Å². The van der Waals surface area contributed by atoms with Crippen LogP contribution in [0.1, 0.15) is 38.8 Å². The van der Waals surface area contributed by atoms with Gasteiger partial charge >= 0.3 is 0 Å². The standard InChI is InChI=1S/C15H24N2O2/c1-10(2)19-13-7-12(8-17-9-13)15(16-4)14-5-6-18-11(14)3/h7-11,14-16H,5-6H2,1-4H3. The zero-order valence-corrected chi connectivity index (χ0v) is 12.2. The summed E-state index contributed by atoms with van der Waals surface area (Å²) in [6.45, 7) is 7.04. The monoisotopic (exact) mass is 264 g/mol. The Bertz CT molecular complexity index is 409. The van der Waals surface area contributed by atoms with Gasteiger partial charge in [0.2, 0.25) is 0 Å². The van der Waals surface area contributed by atoms with E-state index in [2.05, 4.69) is 23.3 Å². The van der Waals surface area contributed by atoms with E-state index >= 15 is 0 Å². The quantitative estimate of drug-likeness (QED) is 0.887. The van der Waals surface area contributed by atoms with Crippen molar-refractivity contribution >= 4 is 0 Å². The fourth-order valence-corrected chi connectivity index (χ4v) is 2.76. The molecular weight excluding hydrogens is 240 g/mol. The number of nitrogens with one attached hydrogen (secondary N) is 1. The molecule has 1 aromatic rings. The maximum Gasteiger partial charge on any atom is 0.138 e. The second kappa shape index (κ2) is 6.35. The predicted molar refractivity (Wildman–Crippen MR) is 75.3 cm³/mol. The lowest BCUT2D eigenvalue weighted by molar-refractivity contribution is 0.0962. The third kappa shape index (κ3) is 3.45. The molecule has 1 fully saturated rings. The first kappa shape index (κ1) is 14.3. The molecule has 1 aromatic heterocycles. The van der Waals surface area contributed by atoms with Crippen LogP contribution in [0.4, 0.5) is 0 Å². The fraction of sp³-hybridized carbons (Fsp3) is 0.667. The molecule has 1 saturated heterocycles. The van der Waals surface area contributed by atoms with Crippen molar-refractivity contribution in [3.05, 3.63) is 24.0 Å². The van der Waals surface area contributed by atoms with E-state index in [1.54, 1.807) is 6.20 Å². The number of hydrogen-bond donors (Lipinski definition) is 1. The molecule has 1 aliphatic rings. The Morgan fingerprint density at radius 1 is 1.42 bits per heavy atom. The van der Waals surface area contributed by atoms with Gasteiger partial charge in [-0.15, -0.1) is 0 Å². The van der Waals surface area contributed by atoms with Gasteiger partial charge in [-0.05, 0) is 45.9 Å². The third-order valence-electron chi connectivity index (χ3n) is 3.64. The van der Waals surface area contributed by atoms with Gasteiger partial charge in [-0.2, -0.15) is 0 Å². The Morgan fingerprint density at radius 2 is 2.21 bits per heavy atom. The summed E-state index contributed by atoms with van der Waals surface area (Å²) in [5, 5.41) is 3.40. The summed E-state index contributed by atoms with van der Waals surface area (Å²) in [6, 6.07) is 2.35. The molecule has 0 bridgehead atoms. The van der Waals surface area contributed by atoms with Crippen LogP contribution in [0, 0.1) is 5.92 Å². The molecule has 0 aromatic carbocycles. The lowest BCUT2D eigenvalue weighted by atomic mass is 9.89. The van der Waals surface area contributed by atoms with Crippen LogP contribution in [0.5, 0.6) is 5.75 Å². The Balaban J connectivity index is 2.18. The third-order valence-corrected chi connectivity index (χ3v) is 3.64. The first-order valence-electron chi connectivity index (χ1n) is 7.02. The summed E-state index contributed by atoms with van der Waals surface area (Å²) in [7, 11) is 1.99. The average Bonchev–Trinajstić information content (AvgIpc) is 2.77. The molecule has 0 spiro atoms. The molecule has 106 valence electrons. The van der Waals surface area contributed by atoms with Crippen LogP contribution in [-0.4, -0.2) is 30.8 Å². The summed E-state index contributed by atoms with van der Waals surface area (Å²) < 4.78 is 11.4. The second-order valence-corrected chi connectivity index (χ2v) is 5.42. The Morgan fingerprint density at radius 3 is 2.79 bits per heavy atom. The summed E-state index contributed by atoms with van der Waals surface area (Å²) in [5.74, 6) is 1.32. The molecule has 2 rings (SSSR count). The molecular formula is C15H24N2O2. The topological polar surface area (TPSA) is 43.4 Å². The van der Waals surface area contributed by atoms with Crippen LogP contribution in [-0.2, 0) is 4.74 Å². The zero-order valence-electron chi connectivity index (χ0n) is 12.2. The summed E-state index contributed by atoms with van der Waals surface area (Å²) >= 11 is 0. The minimum atomic E-state index is 0.166.